The molecule has 0 atom stereocenters. The Morgan fingerprint density at radius 3 is 2.26 bits per heavy atom. The minimum Gasteiger partial charge on any atom is -0.493 e. The summed E-state index contributed by atoms with van der Waals surface area (Å²) in [4.78, 5) is 29.8. The van der Waals surface area contributed by atoms with Crippen molar-refractivity contribution in [1.29, 1.82) is 0 Å². The second-order valence-corrected chi connectivity index (χ2v) is 10.1. The molecule has 0 unspecified atom stereocenters. The highest BCUT2D eigenvalue weighted by molar-refractivity contribution is 5.78. The van der Waals surface area contributed by atoms with E-state index in [-0.39, 0.29) is 24.3 Å². The van der Waals surface area contributed by atoms with Gasteiger partial charge in [-0.25, -0.2) is 0 Å². The van der Waals surface area contributed by atoms with Crippen LogP contribution in [0.3, 0.4) is 0 Å². The summed E-state index contributed by atoms with van der Waals surface area (Å²) in [5.74, 6) is 1.71. The van der Waals surface area contributed by atoms with Crippen LogP contribution in [0.1, 0.15) is 36.8 Å². The number of hydrogen-bond donors (Lipinski definition) is 1. The summed E-state index contributed by atoms with van der Waals surface area (Å²) >= 11 is 0. The van der Waals surface area contributed by atoms with Gasteiger partial charge in [0.25, 0.3) is 0 Å². The number of nitrogens with zero attached hydrogens (tertiary/aromatic N) is 2. The first-order valence-corrected chi connectivity index (χ1v) is 13.7. The number of amides is 2. The zero-order chi connectivity index (χ0) is 26.7. The molecule has 8 nitrogen and oxygen atoms in total. The maximum Gasteiger partial charge on any atom is 0.248 e. The lowest BCUT2D eigenvalue weighted by Crippen LogP contribution is -2.50. The van der Waals surface area contributed by atoms with Gasteiger partial charge in [0.2, 0.25) is 11.8 Å². The summed E-state index contributed by atoms with van der Waals surface area (Å²) in [6.45, 7) is 4.62. The van der Waals surface area contributed by atoms with Crippen molar-refractivity contribution in [2.45, 2.75) is 44.8 Å². The SMILES string of the molecule is COc1ccc(CCNC(=O)C2CCN(C3CCN(C(=O)COCc4ccccc4)CC3)CC2)cc1OC. The molecule has 8 heteroatoms. The van der Waals surface area contributed by atoms with Gasteiger partial charge in [0.15, 0.2) is 11.5 Å². The minimum atomic E-state index is 0.0695. The van der Waals surface area contributed by atoms with Crippen LogP contribution in [0.2, 0.25) is 0 Å². The highest BCUT2D eigenvalue weighted by atomic mass is 16.5. The molecule has 2 aliphatic rings. The van der Waals surface area contributed by atoms with E-state index in [1.54, 1.807) is 14.2 Å². The molecule has 2 aliphatic heterocycles. The number of nitrogens with one attached hydrogen (secondary N) is 1. The van der Waals surface area contributed by atoms with Gasteiger partial charge in [-0.2, -0.15) is 0 Å². The van der Waals surface area contributed by atoms with Crippen LogP contribution in [0.4, 0.5) is 0 Å². The Kier molecular flexibility index (Phi) is 10.4. The zero-order valence-corrected chi connectivity index (χ0v) is 22.7. The molecule has 2 saturated heterocycles. The summed E-state index contributed by atoms with van der Waals surface area (Å²) in [6.07, 6.45) is 4.47. The highest BCUT2D eigenvalue weighted by Crippen LogP contribution is 2.28. The molecule has 0 saturated carbocycles. The highest BCUT2D eigenvalue weighted by Gasteiger charge is 2.31. The van der Waals surface area contributed by atoms with E-state index < -0.39 is 0 Å². The normalized spacial score (nSPS) is 17.3. The van der Waals surface area contributed by atoms with Crippen molar-refractivity contribution in [1.82, 2.24) is 15.1 Å². The molecule has 2 aromatic rings. The summed E-state index contributed by atoms with van der Waals surface area (Å²) in [7, 11) is 3.25. The van der Waals surface area contributed by atoms with Gasteiger partial charge in [0, 0.05) is 31.6 Å². The van der Waals surface area contributed by atoms with Crippen molar-refractivity contribution >= 4 is 11.8 Å². The van der Waals surface area contributed by atoms with Gasteiger partial charge < -0.3 is 29.3 Å². The third-order valence-electron chi connectivity index (χ3n) is 7.73. The summed E-state index contributed by atoms with van der Waals surface area (Å²) in [6, 6.07) is 16.3. The molecule has 0 spiro atoms. The molecule has 38 heavy (non-hydrogen) atoms. The standard InChI is InChI=1S/C30H41N3O5/c1-36-27-9-8-23(20-28(27)37-2)10-15-31-30(35)25-11-16-32(17-12-25)26-13-18-33(19-14-26)29(34)22-38-21-24-6-4-3-5-7-24/h3-9,20,25-26H,10-19,21-22H2,1-2H3,(H,31,35). The lowest BCUT2D eigenvalue weighted by Gasteiger charge is -2.41. The van der Waals surface area contributed by atoms with Crippen molar-refractivity contribution in [3.63, 3.8) is 0 Å². The zero-order valence-electron chi connectivity index (χ0n) is 22.7. The lowest BCUT2D eigenvalue weighted by atomic mass is 9.92. The number of ether oxygens (including phenoxy) is 3. The summed E-state index contributed by atoms with van der Waals surface area (Å²) in [5, 5.41) is 3.12. The van der Waals surface area contributed by atoms with Crippen LogP contribution < -0.4 is 14.8 Å². The van der Waals surface area contributed by atoms with Gasteiger partial charge in [-0.3, -0.25) is 9.59 Å². The molecule has 0 aromatic heterocycles. The molecule has 2 fully saturated rings. The Hall–Kier alpha value is -3.10. The number of rotatable bonds is 11. The summed E-state index contributed by atoms with van der Waals surface area (Å²) in [5.41, 5.74) is 2.18. The molecule has 206 valence electrons. The third-order valence-corrected chi connectivity index (χ3v) is 7.73. The molecular weight excluding hydrogens is 482 g/mol. The van der Waals surface area contributed by atoms with Crippen LogP contribution in [0.25, 0.3) is 0 Å². The Morgan fingerprint density at radius 1 is 0.868 bits per heavy atom. The predicted octanol–water partition coefficient (Wildman–Crippen LogP) is 3.28. The first-order valence-electron chi connectivity index (χ1n) is 13.7. The Bertz CT molecular complexity index is 1030. The number of methoxy groups -OCH3 is 2. The van der Waals surface area contributed by atoms with Crippen molar-refractivity contribution < 1.29 is 23.8 Å². The van der Waals surface area contributed by atoms with E-state index in [9.17, 15) is 9.59 Å². The van der Waals surface area contributed by atoms with Crippen LogP contribution in [0.5, 0.6) is 11.5 Å². The Labute approximate surface area is 226 Å². The van der Waals surface area contributed by atoms with E-state index in [4.69, 9.17) is 14.2 Å². The monoisotopic (exact) mass is 523 g/mol. The fourth-order valence-corrected chi connectivity index (χ4v) is 5.44. The van der Waals surface area contributed by atoms with E-state index >= 15 is 0 Å². The van der Waals surface area contributed by atoms with Crippen molar-refractivity contribution in [3.8, 4) is 11.5 Å². The maximum atomic E-state index is 12.8. The first-order chi connectivity index (χ1) is 18.6. The van der Waals surface area contributed by atoms with Crippen LogP contribution in [-0.2, 0) is 27.4 Å². The Morgan fingerprint density at radius 2 is 1.58 bits per heavy atom. The van der Waals surface area contributed by atoms with Gasteiger partial charge in [-0.05, 0) is 68.5 Å². The van der Waals surface area contributed by atoms with Crippen molar-refractivity contribution in [2.75, 3.05) is 53.6 Å². The van der Waals surface area contributed by atoms with E-state index in [1.807, 2.05) is 53.4 Å². The smallest absolute Gasteiger partial charge is 0.248 e. The number of hydrogen-bond acceptors (Lipinski definition) is 6. The maximum absolute atomic E-state index is 12.8. The molecule has 2 amide bonds. The number of carbonyl (C=O) groups is 2. The molecule has 1 N–H and O–H groups in total. The summed E-state index contributed by atoms with van der Waals surface area (Å²) < 4.78 is 16.3. The van der Waals surface area contributed by atoms with Crippen LogP contribution in [0, 0.1) is 5.92 Å². The van der Waals surface area contributed by atoms with Gasteiger partial charge in [-0.15, -0.1) is 0 Å². The van der Waals surface area contributed by atoms with Crippen LogP contribution in [0.15, 0.2) is 48.5 Å². The first kappa shape index (κ1) is 27.9. The largest absolute Gasteiger partial charge is 0.493 e. The fraction of sp³-hybridized carbons (Fsp3) is 0.533. The predicted molar refractivity (Wildman–Crippen MR) is 146 cm³/mol. The molecule has 0 bridgehead atoms. The topological polar surface area (TPSA) is 80.3 Å². The van der Waals surface area contributed by atoms with Crippen LogP contribution >= 0.6 is 0 Å². The molecular formula is C30H41N3O5. The quantitative estimate of drug-likeness (QED) is 0.487. The molecule has 4 rings (SSSR count). The van der Waals surface area contributed by atoms with Crippen molar-refractivity contribution in [2.24, 2.45) is 5.92 Å². The van der Waals surface area contributed by atoms with Gasteiger partial charge >= 0.3 is 0 Å². The van der Waals surface area contributed by atoms with E-state index in [2.05, 4.69) is 10.2 Å². The Balaban J connectivity index is 1.11. The average Bonchev–Trinajstić information content (AvgIpc) is 2.97. The van der Waals surface area contributed by atoms with E-state index in [0.717, 1.165) is 69.4 Å². The molecule has 2 heterocycles. The number of carbonyl (C=O) groups excluding carboxylic acids is 2. The van der Waals surface area contributed by atoms with Gasteiger partial charge in [0.1, 0.15) is 6.61 Å². The third kappa shape index (κ3) is 7.71. The molecule has 0 radical (unpaired) electrons. The fourth-order valence-electron chi connectivity index (χ4n) is 5.44. The second kappa shape index (κ2) is 14.2. The number of benzene rings is 2. The lowest BCUT2D eigenvalue weighted by molar-refractivity contribution is -0.138. The average molecular weight is 524 g/mol. The van der Waals surface area contributed by atoms with E-state index in [1.165, 1.54) is 0 Å². The molecule has 2 aromatic carbocycles. The van der Waals surface area contributed by atoms with Crippen molar-refractivity contribution in [3.05, 3.63) is 59.7 Å². The van der Waals surface area contributed by atoms with Crippen LogP contribution in [-0.4, -0.2) is 81.2 Å². The van der Waals surface area contributed by atoms with Gasteiger partial charge in [-0.1, -0.05) is 36.4 Å². The number of likely N-dealkylation sites (tertiary alicyclic amines) is 2. The minimum absolute atomic E-state index is 0.0695. The molecule has 0 aliphatic carbocycles. The van der Waals surface area contributed by atoms with E-state index in [0.29, 0.717) is 30.7 Å². The number of piperidine rings is 2. The van der Waals surface area contributed by atoms with Gasteiger partial charge in [0.05, 0.1) is 20.8 Å². The second-order valence-electron chi connectivity index (χ2n) is 10.1.